The molecule has 2 aromatic heterocycles. The van der Waals surface area contributed by atoms with Gasteiger partial charge in [0.1, 0.15) is 11.6 Å². The SMILES string of the molecule is C.Cc1ccc(C(F)(F)F)cc1-c1nc(NS(=O)(=O)c2cccc(N)n2)ccc1Cl. The molecule has 0 aliphatic heterocycles. The number of anilines is 2. The van der Waals surface area contributed by atoms with Gasteiger partial charge in [0.25, 0.3) is 10.0 Å². The molecule has 3 N–H and O–H groups in total. The number of halogens is 4. The fourth-order valence-electron chi connectivity index (χ4n) is 2.51. The Morgan fingerprint density at radius 2 is 1.77 bits per heavy atom. The highest BCUT2D eigenvalue weighted by molar-refractivity contribution is 7.92. The van der Waals surface area contributed by atoms with Gasteiger partial charge in [0.2, 0.25) is 0 Å². The second kappa shape index (κ2) is 8.49. The number of alkyl halides is 3. The first-order valence-corrected chi connectivity index (χ1v) is 9.93. The van der Waals surface area contributed by atoms with E-state index < -0.39 is 21.8 Å². The summed E-state index contributed by atoms with van der Waals surface area (Å²) in [5.74, 6) is -0.123. The lowest BCUT2D eigenvalue weighted by Gasteiger charge is -2.14. The Morgan fingerprint density at radius 3 is 2.40 bits per heavy atom. The quantitative estimate of drug-likeness (QED) is 0.563. The van der Waals surface area contributed by atoms with Crippen molar-refractivity contribution in [1.29, 1.82) is 0 Å². The van der Waals surface area contributed by atoms with Crippen LogP contribution in [-0.4, -0.2) is 18.4 Å². The van der Waals surface area contributed by atoms with Crippen LogP contribution in [0.2, 0.25) is 5.02 Å². The number of nitrogens with one attached hydrogen (secondary N) is 1. The van der Waals surface area contributed by atoms with Gasteiger partial charge < -0.3 is 5.73 Å². The summed E-state index contributed by atoms with van der Waals surface area (Å²) in [4.78, 5) is 7.85. The summed E-state index contributed by atoms with van der Waals surface area (Å²) in [5, 5.41) is -0.261. The van der Waals surface area contributed by atoms with Crippen LogP contribution >= 0.6 is 11.6 Å². The Balaban J connectivity index is 0.00000320. The minimum atomic E-state index is -4.55. The molecule has 1 aromatic carbocycles. The summed E-state index contributed by atoms with van der Waals surface area (Å²) in [6.07, 6.45) is -4.55. The first-order valence-electron chi connectivity index (χ1n) is 8.07. The highest BCUT2D eigenvalue weighted by Crippen LogP contribution is 2.36. The minimum Gasteiger partial charge on any atom is -0.384 e. The summed E-state index contributed by atoms with van der Waals surface area (Å²) < 4.78 is 66.4. The van der Waals surface area contributed by atoms with Crippen LogP contribution in [0.3, 0.4) is 0 Å². The Kier molecular flexibility index (Phi) is 6.63. The average Bonchev–Trinajstić information content (AvgIpc) is 2.63. The zero-order valence-electron chi connectivity index (χ0n) is 14.8. The van der Waals surface area contributed by atoms with Crippen molar-refractivity contribution in [3.63, 3.8) is 0 Å². The van der Waals surface area contributed by atoms with Crippen LogP contribution in [0.5, 0.6) is 0 Å². The molecule has 0 radical (unpaired) electrons. The molecule has 3 rings (SSSR count). The van der Waals surface area contributed by atoms with E-state index in [0.29, 0.717) is 5.56 Å². The first kappa shape index (κ1) is 23.4. The first-order chi connectivity index (χ1) is 13.5. The Hall–Kier alpha value is -2.85. The summed E-state index contributed by atoms with van der Waals surface area (Å²) >= 11 is 6.13. The zero-order valence-corrected chi connectivity index (χ0v) is 16.4. The predicted molar refractivity (Wildman–Crippen MR) is 111 cm³/mol. The molecule has 11 heteroatoms. The molecule has 0 bridgehead atoms. The largest absolute Gasteiger partial charge is 0.416 e. The molecule has 0 fully saturated rings. The van der Waals surface area contributed by atoms with Gasteiger partial charge in [-0.2, -0.15) is 21.6 Å². The summed E-state index contributed by atoms with van der Waals surface area (Å²) in [5.41, 5.74) is 5.27. The van der Waals surface area contributed by atoms with E-state index in [4.69, 9.17) is 17.3 Å². The number of hydrogen-bond donors (Lipinski definition) is 2. The molecule has 0 saturated heterocycles. The number of benzene rings is 1. The molecule has 0 atom stereocenters. The van der Waals surface area contributed by atoms with Crippen LogP contribution < -0.4 is 10.5 Å². The monoisotopic (exact) mass is 458 g/mol. The molecule has 3 aromatic rings. The average molecular weight is 459 g/mol. The highest BCUT2D eigenvalue weighted by Gasteiger charge is 2.31. The van der Waals surface area contributed by atoms with E-state index >= 15 is 0 Å². The molecule has 160 valence electrons. The number of nitrogen functional groups attached to an aromatic ring is 1. The third kappa shape index (κ3) is 5.00. The van der Waals surface area contributed by atoms with E-state index in [2.05, 4.69) is 14.7 Å². The molecule has 0 amide bonds. The van der Waals surface area contributed by atoms with E-state index in [-0.39, 0.29) is 40.4 Å². The van der Waals surface area contributed by atoms with Gasteiger partial charge in [0.15, 0.2) is 5.03 Å². The molecule has 2 heterocycles. The van der Waals surface area contributed by atoms with Crippen LogP contribution in [0.25, 0.3) is 11.3 Å². The lowest BCUT2D eigenvalue weighted by atomic mass is 10.0. The molecule has 30 heavy (non-hydrogen) atoms. The Labute approximate surface area is 177 Å². The molecular formula is C19H18ClF3N4O2S. The number of sulfonamides is 1. The van der Waals surface area contributed by atoms with Crippen LogP contribution in [0.4, 0.5) is 24.8 Å². The number of hydrogen-bond acceptors (Lipinski definition) is 5. The van der Waals surface area contributed by atoms with Gasteiger partial charge >= 0.3 is 6.18 Å². The van der Waals surface area contributed by atoms with Crippen LogP contribution in [0.1, 0.15) is 18.6 Å². The summed E-state index contributed by atoms with van der Waals surface area (Å²) in [6, 6.07) is 9.88. The molecule has 0 saturated carbocycles. The van der Waals surface area contributed by atoms with Gasteiger partial charge in [-0.1, -0.05) is 31.2 Å². The van der Waals surface area contributed by atoms with Crippen molar-refractivity contribution in [1.82, 2.24) is 9.97 Å². The van der Waals surface area contributed by atoms with Crippen molar-refractivity contribution in [2.24, 2.45) is 0 Å². The summed E-state index contributed by atoms with van der Waals surface area (Å²) in [7, 11) is -4.12. The molecular weight excluding hydrogens is 441 g/mol. The number of aromatic nitrogens is 2. The molecule has 6 nitrogen and oxygen atoms in total. The third-order valence-electron chi connectivity index (χ3n) is 3.93. The fourth-order valence-corrected chi connectivity index (χ4v) is 3.70. The number of pyridine rings is 2. The maximum Gasteiger partial charge on any atom is 0.416 e. The third-order valence-corrected chi connectivity index (χ3v) is 5.49. The number of nitrogens with two attached hydrogens (primary N) is 1. The molecule has 0 aliphatic rings. The summed E-state index contributed by atoms with van der Waals surface area (Å²) in [6.45, 7) is 1.60. The Bertz CT molecular complexity index is 1180. The lowest BCUT2D eigenvalue weighted by molar-refractivity contribution is -0.137. The van der Waals surface area contributed by atoms with Crippen molar-refractivity contribution in [2.75, 3.05) is 10.5 Å². The second-order valence-electron chi connectivity index (χ2n) is 6.06. The van der Waals surface area contributed by atoms with Crippen molar-refractivity contribution in [3.05, 3.63) is 64.7 Å². The standard InChI is InChI=1S/C18H14ClF3N4O2S.CH4/c1-10-5-6-11(18(20,21)22)9-12(10)17-13(19)7-8-15(25-17)26-29(27,28)16-4-2-3-14(23)24-16;/h2-9H,1H3,(H2,23,24)(H,25,26);1H4. The second-order valence-corrected chi connectivity index (χ2v) is 8.10. The van der Waals surface area contributed by atoms with E-state index in [0.717, 1.165) is 12.1 Å². The Morgan fingerprint density at radius 1 is 1.07 bits per heavy atom. The lowest BCUT2D eigenvalue weighted by Crippen LogP contribution is -2.16. The van der Waals surface area contributed by atoms with Gasteiger partial charge in [0, 0.05) is 5.56 Å². The topological polar surface area (TPSA) is 98.0 Å². The normalized spacial score (nSPS) is 11.6. The van der Waals surface area contributed by atoms with Crippen molar-refractivity contribution < 1.29 is 21.6 Å². The van der Waals surface area contributed by atoms with Crippen molar-refractivity contribution >= 4 is 33.3 Å². The van der Waals surface area contributed by atoms with Gasteiger partial charge in [0.05, 0.1) is 16.3 Å². The molecule has 0 spiro atoms. The van der Waals surface area contributed by atoms with Gasteiger partial charge in [-0.05, 0) is 48.9 Å². The van der Waals surface area contributed by atoms with E-state index in [9.17, 15) is 21.6 Å². The van der Waals surface area contributed by atoms with Gasteiger partial charge in [-0.25, -0.2) is 9.97 Å². The maximum absolute atomic E-state index is 13.1. The molecule has 0 unspecified atom stereocenters. The van der Waals surface area contributed by atoms with Gasteiger partial charge in [-0.15, -0.1) is 0 Å². The predicted octanol–water partition coefficient (Wildman–Crippen LogP) is 5.14. The van der Waals surface area contributed by atoms with Crippen LogP contribution in [0.15, 0.2) is 53.6 Å². The van der Waals surface area contributed by atoms with Crippen molar-refractivity contribution in [2.45, 2.75) is 25.6 Å². The van der Waals surface area contributed by atoms with Gasteiger partial charge in [-0.3, -0.25) is 4.72 Å². The van der Waals surface area contributed by atoms with E-state index in [1.807, 2.05) is 0 Å². The number of aryl methyl sites for hydroxylation is 1. The number of rotatable bonds is 4. The van der Waals surface area contributed by atoms with E-state index in [1.54, 1.807) is 6.92 Å². The minimum absolute atomic E-state index is 0. The maximum atomic E-state index is 13.1. The fraction of sp³-hybridized carbons (Fsp3) is 0.158. The highest BCUT2D eigenvalue weighted by atomic mass is 35.5. The molecule has 0 aliphatic carbocycles. The zero-order chi connectivity index (χ0) is 21.4. The van der Waals surface area contributed by atoms with E-state index in [1.165, 1.54) is 36.4 Å². The smallest absolute Gasteiger partial charge is 0.384 e. The van der Waals surface area contributed by atoms with Crippen molar-refractivity contribution in [3.8, 4) is 11.3 Å². The van der Waals surface area contributed by atoms with Crippen LogP contribution in [0, 0.1) is 6.92 Å². The number of nitrogens with zero attached hydrogens (tertiary/aromatic N) is 2. The van der Waals surface area contributed by atoms with Crippen LogP contribution in [-0.2, 0) is 16.2 Å².